The molecule has 1 aliphatic heterocycles. The molecule has 130 valence electrons. The smallest absolute Gasteiger partial charge is 0.119 e. The number of hydrogen-bond donors (Lipinski definition) is 1. The number of aliphatic hydroxyl groups excluding tert-OH is 1. The summed E-state index contributed by atoms with van der Waals surface area (Å²) in [4.78, 5) is 4.88. The molecular weight excluding hydrogens is 288 g/mol. The summed E-state index contributed by atoms with van der Waals surface area (Å²) in [6.45, 7) is 13.4. The van der Waals surface area contributed by atoms with E-state index in [2.05, 4.69) is 30.6 Å². The Morgan fingerprint density at radius 1 is 1.04 bits per heavy atom. The van der Waals surface area contributed by atoms with Crippen molar-refractivity contribution in [1.29, 1.82) is 0 Å². The van der Waals surface area contributed by atoms with Crippen molar-refractivity contribution in [3.63, 3.8) is 0 Å². The summed E-state index contributed by atoms with van der Waals surface area (Å²) in [7, 11) is 0. The molecule has 0 aliphatic carbocycles. The molecule has 4 nitrogen and oxygen atoms in total. The second kappa shape index (κ2) is 8.67. The highest BCUT2D eigenvalue weighted by Crippen LogP contribution is 2.19. The van der Waals surface area contributed by atoms with Crippen LogP contribution < -0.4 is 4.74 Å². The molecule has 0 radical (unpaired) electrons. The van der Waals surface area contributed by atoms with Crippen molar-refractivity contribution in [2.75, 3.05) is 45.9 Å². The first-order valence-corrected chi connectivity index (χ1v) is 8.73. The minimum absolute atomic E-state index is 0.355. The second-order valence-corrected chi connectivity index (χ2v) is 7.73. The lowest BCUT2D eigenvalue weighted by Gasteiger charge is -2.36. The molecule has 0 aromatic heterocycles. The maximum absolute atomic E-state index is 10.2. The minimum Gasteiger partial charge on any atom is -0.491 e. The molecule has 1 unspecified atom stereocenters. The van der Waals surface area contributed by atoms with E-state index in [9.17, 15) is 5.11 Å². The Bertz CT molecular complexity index is 436. The zero-order chi connectivity index (χ0) is 16.7. The Labute approximate surface area is 141 Å². The van der Waals surface area contributed by atoms with Crippen LogP contribution in [-0.4, -0.2) is 66.9 Å². The predicted molar refractivity (Wildman–Crippen MR) is 94.9 cm³/mol. The van der Waals surface area contributed by atoms with Crippen molar-refractivity contribution in [3.8, 4) is 5.75 Å². The normalized spacial score (nSPS) is 18.8. The zero-order valence-electron chi connectivity index (χ0n) is 14.9. The number of benzene rings is 1. The number of hydrogen-bond acceptors (Lipinski definition) is 4. The monoisotopic (exact) mass is 320 g/mol. The summed E-state index contributed by atoms with van der Waals surface area (Å²) < 4.78 is 5.62. The number of ether oxygens (including phenoxy) is 1. The number of rotatable bonds is 7. The largest absolute Gasteiger partial charge is 0.491 e. The van der Waals surface area contributed by atoms with E-state index in [0.717, 1.165) is 31.9 Å². The molecule has 1 saturated heterocycles. The van der Waals surface area contributed by atoms with Gasteiger partial charge in [-0.15, -0.1) is 0 Å². The van der Waals surface area contributed by atoms with Gasteiger partial charge in [0.1, 0.15) is 18.5 Å². The SMILES string of the molecule is CC(C)(C)CCN1CCN(CC(O)COc2ccccc2)CC1. The molecule has 0 spiro atoms. The molecule has 0 saturated carbocycles. The van der Waals surface area contributed by atoms with Crippen molar-refractivity contribution >= 4 is 0 Å². The van der Waals surface area contributed by atoms with Crippen molar-refractivity contribution in [2.45, 2.75) is 33.3 Å². The van der Waals surface area contributed by atoms with Gasteiger partial charge in [0.05, 0.1) is 0 Å². The quantitative estimate of drug-likeness (QED) is 0.837. The molecule has 1 N–H and O–H groups in total. The van der Waals surface area contributed by atoms with E-state index in [4.69, 9.17) is 4.74 Å². The standard InChI is InChI=1S/C19H32N2O2/c1-19(2,3)9-10-20-11-13-21(14-12-20)15-17(22)16-23-18-7-5-4-6-8-18/h4-8,17,22H,9-16H2,1-3H3. The van der Waals surface area contributed by atoms with Gasteiger partial charge in [0.2, 0.25) is 0 Å². The highest BCUT2D eigenvalue weighted by molar-refractivity contribution is 5.20. The molecule has 2 rings (SSSR count). The highest BCUT2D eigenvalue weighted by atomic mass is 16.5. The predicted octanol–water partition coefficient (Wildman–Crippen LogP) is 2.48. The van der Waals surface area contributed by atoms with E-state index in [0.29, 0.717) is 18.6 Å². The third-order valence-corrected chi connectivity index (χ3v) is 4.30. The Morgan fingerprint density at radius 2 is 1.65 bits per heavy atom. The first-order chi connectivity index (χ1) is 10.9. The van der Waals surface area contributed by atoms with Crippen LogP contribution in [0, 0.1) is 5.41 Å². The van der Waals surface area contributed by atoms with Crippen LogP contribution in [0.15, 0.2) is 30.3 Å². The molecule has 1 fully saturated rings. The van der Waals surface area contributed by atoms with Gasteiger partial charge in [-0.1, -0.05) is 39.0 Å². The van der Waals surface area contributed by atoms with E-state index in [1.807, 2.05) is 30.3 Å². The van der Waals surface area contributed by atoms with Gasteiger partial charge >= 0.3 is 0 Å². The number of nitrogens with zero attached hydrogens (tertiary/aromatic N) is 2. The second-order valence-electron chi connectivity index (χ2n) is 7.73. The van der Waals surface area contributed by atoms with Crippen molar-refractivity contribution in [2.24, 2.45) is 5.41 Å². The van der Waals surface area contributed by atoms with Gasteiger partial charge in [0.15, 0.2) is 0 Å². The van der Waals surface area contributed by atoms with Crippen LogP contribution >= 0.6 is 0 Å². The topological polar surface area (TPSA) is 35.9 Å². The van der Waals surface area contributed by atoms with E-state index in [1.165, 1.54) is 13.0 Å². The fourth-order valence-electron chi connectivity index (χ4n) is 2.75. The Balaban J connectivity index is 1.62. The maximum atomic E-state index is 10.2. The average Bonchev–Trinajstić information content (AvgIpc) is 2.53. The van der Waals surface area contributed by atoms with Gasteiger partial charge in [-0.05, 0) is 30.5 Å². The molecule has 4 heteroatoms. The molecular formula is C19H32N2O2. The van der Waals surface area contributed by atoms with Crippen LogP contribution in [0.25, 0.3) is 0 Å². The van der Waals surface area contributed by atoms with E-state index >= 15 is 0 Å². The average molecular weight is 320 g/mol. The lowest BCUT2D eigenvalue weighted by molar-refractivity contribution is 0.0442. The first kappa shape index (κ1) is 18.2. The van der Waals surface area contributed by atoms with E-state index in [-0.39, 0.29) is 0 Å². The van der Waals surface area contributed by atoms with Gasteiger partial charge in [0, 0.05) is 32.7 Å². The van der Waals surface area contributed by atoms with Crippen LogP contribution in [0.4, 0.5) is 0 Å². The minimum atomic E-state index is -0.434. The lowest BCUT2D eigenvalue weighted by Crippen LogP contribution is -2.49. The molecule has 0 bridgehead atoms. The highest BCUT2D eigenvalue weighted by Gasteiger charge is 2.20. The number of aliphatic hydroxyl groups is 1. The summed E-state index contributed by atoms with van der Waals surface area (Å²) in [5.74, 6) is 0.818. The summed E-state index contributed by atoms with van der Waals surface area (Å²) in [5, 5.41) is 10.2. The van der Waals surface area contributed by atoms with Gasteiger partial charge in [-0.2, -0.15) is 0 Å². The Morgan fingerprint density at radius 3 is 2.26 bits per heavy atom. The van der Waals surface area contributed by atoms with Gasteiger partial charge in [0.25, 0.3) is 0 Å². The van der Waals surface area contributed by atoms with Crippen molar-refractivity contribution in [1.82, 2.24) is 9.80 Å². The zero-order valence-corrected chi connectivity index (χ0v) is 14.9. The Kier molecular flexibility index (Phi) is 6.88. The van der Waals surface area contributed by atoms with E-state index < -0.39 is 6.10 Å². The summed E-state index contributed by atoms with van der Waals surface area (Å²) >= 11 is 0. The molecule has 0 amide bonds. The van der Waals surface area contributed by atoms with Crippen molar-refractivity contribution in [3.05, 3.63) is 30.3 Å². The van der Waals surface area contributed by atoms with Crippen LogP contribution in [0.3, 0.4) is 0 Å². The third-order valence-electron chi connectivity index (χ3n) is 4.30. The lowest BCUT2D eigenvalue weighted by atomic mass is 9.92. The fourth-order valence-corrected chi connectivity index (χ4v) is 2.75. The maximum Gasteiger partial charge on any atom is 0.119 e. The van der Waals surface area contributed by atoms with Gasteiger partial charge < -0.3 is 14.7 Å². The number of β-amino-alcohol motifs (C(OH)–C–C–N with tert-alkyl or cyclic N) is 1. The molecule has 1 aromatic rings. The van der Waals surface area contributed by atoms with Gasteiger partial charge in [-0.3, -0.25) is 4.90 Å². The number of piperazine rings is 1. The molecule has 23 heavy (non-hydrogen) atoms. The summed E-state index contributed by atoms with van der Waals surface area (Å²) in [6.07, 6.45) is 0.803. The van der Waals surface area contributed by atoms with Crippen LogP contribution in [-0.2, 0) is 0 Å². The first-order valence-electron chi connectivity index (χ1n) is 8.73. The van der Waals surface area contributed by atoms with Crippen molar-refractivity contribution < 1.29 is 9.84 Å². The fraction of sp³-hybridized carbons (Fsp3) is 0.684. The van der Waals surface area contributed by atoms with Crippen LogP contribution in [0.1, 0.15) is 27.2 Å². The van der Waals surface area contributed by atoms with E-state index in [1.54, 1.807) is 0 Å². The van der Waals surface area contributed by atoms with Crippen LogP contribution in [0.5, 0.6) is 5.75 Å². The van der Waals surface area contributed by atoms with Gasteiger partial charge in [-0.25, -0.2) is 0 Å². The van der Waals surface area contributed by atoms with Crippen LogP contribution in [0.2, 0.25) is 0 Å². The number of para-hydroxylation sites is 1. The Hall–Kier alpha value is -1.10. The summed E-state index contributed by atoms with van der Waals surface area (Å²) in [6, 6.07) is 9.68. The molecule has 1 aliphatic rings. The molecule has 1 heterocycles. The molecule has 1 atom stereocenters. The summed E-state index contributed by atoms with van der Waals surface area (Å²) in [5.41, 5.74) is 0.405. The third kappa shape index (κ3) is 7.34. The molecule has 1 aromatic carbocycles.